The first-order valence-electron chi connectivity index (χ1n) is 6.34. The second-order valence-electron chi connectivity index (χ2n) is 4.59. The number of anilines is 1. The molecule has 0 aromatic heterocycles. The highest BCUT2D eigenvalue weighted by atomic mass is 19.1. The fourth-order valence-corrected chi connectivity index (χ4v) is 2.04. The Morgan fingerprint density at radius 2 is 2.11 bits per heavy atom. The maximum Gasteiger partial charge on any atom is 0.123 e. The number of nitrogens with zero attached hydrogens (tertiary/aromatic N) is 1. The van der Waals surface area contributed by atoms with Crippen molar-refractivity contribution in [3.63, 3.8) is 0 Å². The van der Waals surface area contributed by atoms with Crippen LogP contribution in [-0.2, 0) is 11.2 Å². The number of rotatable bonds is 7. The normalized spacial score (nSPS) is 11.0. The van der Waals surface area contributed by atoms with Crippen LogP contribution in [-0.4, -0.2) is 32.8 Å². The lowest BCUT2D eigenvalue weighted by molar-refractivity contribution is 0.204. The quantitative estimate of drug-likeness (QED) is 0.810. The molecule has 1 rings (SSSR count). The summed E-state index contributed by atoms with van der Waals surface area (Å²) in [5.74, 6) is -0.211. The highest BCUT2D eigenvalue weighted by molar-refractivity contribution is 5.54. The summed E-state index contributed by atoms with van der Waals surface area (Å²) < 4.78 is 18.4. The van der Waals surface area contributed by atoms with Gasteiger partial charge in [-0.05, 0) is 50.6 Å². The Labute approximate surface area is 109 Å². The predicted octanol–water partition coefficient (Wildman–Crippen LogP) is 2.19. The van der Waals surface area contributed by atoms with Gasteiger partial charge in [0.1, 0.15) is 5.82 Å². The van der Waals surface area contributed by atoms with Crippen molar-refractivity contribution in [1.29, 1.82) is 0 Å². The van der Waals surface area contributed by atoms with Crippen molar-refractivity contribution in [2.45, 2.75) is 26.3 Å². The van der Waals surface area contributed by atoms with E-state index in [1.807, 2.05) is 6.07 Å². The van der Waals surface area contributed by atoms with E-state index in [-0.39, 0.29) is 5.82 Å². The summed E-state index contributed by atoms with van der Waals surface area (Å²) in [5.41, 5.74) is 7.60. The van der Waals surface area contributed by atoms with Crippen LogP contribution in [0.3, 0.4) is 0 Å². The molecule has 4 heteroatoms. The van der Waals surface area contributed by atoms with Gasteiger partial charge in [0.25, 0.3) is 0 Å². The van der Waals surface area contributed by atoms with Gasteiger partial charge in [0, 0.05) is 25.4 Å². The first-order chi connectivity index (χ1) is 8.60. The topological polar surface area (TPSA) is 38.5 Å². The van der Waals surface area contributed by atoms with E-state index in [0.717, 1.165) is 17.8 Å². The van der Waals surface area contributed by atoms with Crippen LogP contribution in [0.15, 0.2) is 18.2 Å². The number of benzene rings is 1. The maximum absolute atomic E-state index is 13.3. The van der Waals surface area contributed by atoms with Crippen LogP contribution in [0.5, 0.6) is 0 Å². The van der Waals surface area contributed by atoms with Gasteiger partial charge in [0.15, 0.2) is 0 Å². The van der Waals surface area contributed by atoms with Crippen LogP contribution in [0.25, 0.3) is 0 Å². The standard InChI is InChI=1S/C14H23FN2O/c1-11(2)17(8-9-18-3)14-5-4-13(15)10-12(14)6-7-16/h4-5,10-11H,6-9,16H2,1-3H3. The first kappa shape index (κ1) is 14.9. The van der Waals surface area contributed by atoms with Crippen molar-refractivity contribution in [3.05, 3.63) is 29.6 Å². The zero-order valence-corrected chi connectivity index (χ0v) is 11.4. The van der Waals surface area contributed by atoms with Crippen LogP contribution in [0.1, 0.15) is 19.4 Å². The van der Waals surface area contributed by atoms with Crippen LogP contribution < -0.4 is 10.6 Å². The third-order valence-corrected chi connectivity index (χ3v) is 2.92. The SMILES string of the molecule is COCCN(c1ccc(F)cc1CCN)C(C)C. The molecule has 0 aliphatic heterocycles. The molecule has 1 aromatic carbocycles. The third-order valence-electron chi connectivity index (χ3n) is 2.92. The zero-order chi connectivity index (χ0) is 13.5. The molecular formula is C14H23FN2O. The van der Waals surface area contributed by atoms with Crippen molar-refractivity contribution in [2.75, 3.05) is 31.7 Å². The number of ether oxygens (including phenoxy) is 1. The summed E-state index contributed by atoms with van der Waals surface area (Å²) in [6.07, 6.45) is 0.684. The van der Waals surface area contributed by atoms with E-state index in [2.05, 4.69) is 18.7 Å². The summed E-state index contributed by atoms with van der Waals surface area (Å²) in [6, 6.07) is 5.24. The van der Waals surface area contributed by atoms with E-state index < -0.39 is 0 Å². The lowest BCUT2D eigenvalue weighted by atomic mass is 10.1. The van der Waals surface area contributed by atoms with E-state index in [0.29, 0.717) is 25.6 Å². The Morgan fingerprint density at radius 3 is 2.67 bits per heavy atom. The largest absolute Gasteiger partial charge is 0.383 e. The monoisotopic (exact) mass is 254 g/mol. The lowest BCUT2D eigenvalue weighted by Gasteiger charge is -2.30. The van der Waals surface area contributed by atoms with Gasteiger partial charge in [0.05, 0.1) is 6.61 Å². The van der Waals surface area contributed by atoms with Gasteiger partial charge in [-0.15, -0.1) is 0 Å². The average Bonchev–Trinajstić information content (AvgIpc) is 2.32. The van der Waals surface area contributed by atoms with E-state index in [9.17, 15) is 4.39 Å². The van der Waals surface area contributed by atoms with E-state index in [1.165, 1.54) is 6.07 Å². The Hall–Kier alpha value is -1.13. The Morgan fingerprint density at radius 1 is 1.39 bits per heavy atom. The molecule has 0 aliphatic carbocycles. The van der Waals surface area contributed by atoms with Crippen molar-refractivity contribution in [2.24, 2.45) is 5.73 Å². The van der Waals surface area contributed by atoms with Gasteiger partial charge >= 0.3 is 0 Å². The average molecular weight is 254 g/mol. The highest BCUT2D eigenvalue weighted by Gasteiger charge is 2.14. The van der Waals surface area contributed by atoms with E-state index in [1.54, 1.807) is 13.2 Å². The van der Waals surface area contributed by atoms with Crippen LogP contribution >= 0.6 is 0 Å². The number of hydrogen-bond acceptors (Lipinski definition) is 3. The minimum Gasteiger partial charge on any atom is -0.383 e. The van der Waals surface area contributed by atoms with Gasteiger partial charge in [-0.2, -0.15) is 0 Å². The number of methoxy groups -OCH3 is 1. The molecule has 0 bridgehead atoms. The number of halogens is 1. The van der Waals surface area contributed by atoms with Gasteiger partial charge in [-0.3, -0.25) is 0 Å². The lowest BCUT2D eigenvalue weighted by Crippen LogP contribution is -2.34. The zero-order valence-electron chi connectivity index (χ0n) is 11.4. The molecule has 1 aromatic rings. The van der Waals surface area contributed by atoms with Gasteiger partial charge in [-0.25, -0.2) is 4.39 Å². The molecule has 2 N–H and O–H groups in total. The summed E-state index contributed by atoms with van der Waals surface area (Å²) in [6.45, 7) is 6.19. The number of hydrogen-bond donors (Lipinski definition) is 1. The molecule has 0 saturated carbocycles. The van der Waals surface area contributed by atoms with Crippen LogP contribution in [0, 0.1) is 5.82 Å². The van der Waals surface area contributed by atoms with E-state index in [4.69, 9.17) is 10.5 Å². The third kappa shape index (κ3) is 3.96. The molecule has 0 unspecified atom stereocenters. The van der Waals surface area contributed by atoms with Gasteiger partial charge < -0.3 is 15.4 Å². The minimum atomic E-state index is -0.211. The molecule has 102 valence electrons. The molecule has 18 heavy (non-hydrogen) atoms. The fraction of sp³-hybridized carbons (Fsp3) is 0.571. The predicted molar refractivity (Wildman–Crippen MR) is 73.5 cm³/mol. The second kappa shape index (κ2) is 7.34. The maximum atomic E-state index is 13.3. The van der Waals surface area contributed by atoms with Crippen LogP contribution in [0.4, 0.5) is 10.1 Å². The Balaban J connectivity index is 3.01. The Bertz CT molecular complexity index is 369. The second-order valence-corrected chi connectivity index (χ2v) is 4.59. The van der Waals surface area contributed by atoms with E-state index >= 15 is 0 Å². The number of nitrogens with two attached hydrogens (primary N) is 1. The molecule has 0 amide bonds. The smallest absolute Gasteiger partial charge is 0.123 e. The summed E-state index contributed by atoms with van der Waals surface area (Å²) in [4.78, 5) is 2.22. The molecule has 0 saturated heterocycles. The van der Waals surface area contributed by atoms with Crippen molar-refractivity contribution < 1.29 is 9.13 Å². The molecule has 0 fully saturated rings. The van der Waals surface area contributed by atoms with Gasteiger partial charge in [0.2, 0.25) is 0 Å². The minimum absolute atomic E-state index is 0.211. The molecule has 3 nitrogen and oxygen atoms in total. The molecule has 0 radical (unpaired) electrons. The van der Waals surface area contributed by atoms with Crippen molar-refractivity contribution in [3.8, 4) is 0 Å². The molecule has 0 aliphatic rings. The molecule has 0 atom stereocenters. The van der Waals surface area contributed by atoms with Crippen LogP contribution in [0.2, 0.25) is 0 Å². The Kier molecular flexibility index (Phi) is 6.09. The fourth-order valence-electron chi connectivity index (χ4n) is 2.04. The van der Waals surface area contributed by atoms with Crippen molar-refractivity contribution >= 4 is 5.69 Å². The summed E-state index contributed by atoms with van der Waals surface area (Å²) in [7, 11) is 1.68. The van der Waals surface area contributed by atoms with Crippen molar-refractivity contribution in [1.82, 2.24) is 0 Å². The van der Waals surface area contributed by atoms with Gasteiger partial charge in [-0.1, -0.05) is 0 Å². The summed E-state index contributed by atoms with van der Waals surface area (Å²) >= 11 is 0. The molecule has 0 spiro atoms. The highest BCUT2D eigenvalue weighted by Crippen LogP contribution is 2.24. The molecular weight excluding hydrogens is 231 g/mol. The first-order valence-corrected chi connectivity index (χ1v) is 6.34. The summed E-state index contributed by atoms with van der Waals surface area (Å²) in [5, 5.41) is 0. The molecule has 0 heterocycles.